The van der Waals surface area contributed by atoms with Gasteiger partial charge in [-0.2, -0.15) is 0 Å². The maximum Gasteiger partial charge on any atom is 0.330 e. The zero-order valence-electron chi connectivity index (χ0n) is 16.2. The maximum absolute atomic E-state index is 11.9. The van der Waals surface area contributed by atoms with E-state index in [9.17, 15) is 4.79 Å². The molecule has 0 heterocycles. The van der Waals surface area contributed by atoms with Gasteiger partial charge in [0.05, 0.1) is 6.61 Å². The third-order valence-corrected chi connectivity index (χ3v) is 4.46. The van der Waals surface area contributed by atoms with E-state index < -0.39 is 5.97 Å². The van der Waals surface area contributed by atoms with Crippen LogP contribution in [0.3, 0.4) is 0 Å². The summed E-state index contributed by atoms with van der Waals surface area (Å²) in [6, 6.07) is 20.2. The van der Waals surface area contributed by atoms with Gasteiger partial charge in [-0.3, -0.25) is 0 Å². The van der Waals surface area contributed by atoms with Crippen LogP contribution >= 0.6 is 0 Å². The average Bonchev–Trinajstić information content (AvgIpc) is 2.76. The SMILES string of the molecule is N#COc1ccc(-c2ccc(/C=C/C(=O)OCCc3cc(N)ccc3N)cc2)cc1. The molecule has 4 N–H and O–H groups in total. The predicted molar refractivity (Wildman–Crippen MR) is 117 cm³/mol. The highest BCUT2D eigenvalue weighted by molar-refractivity contribution is 5.87. The van der Waals surface area contributed by atoms with E-state index in [1.54, 1.807) is 42.7 Å². The molecule has 0 aliphatic heterocycles. The molecule has 0 atom stereocenters. The molecule has 0 aliphatic rings. The number of nitrogen functional groups attached to an aromatic ring is 2. The molecule has 0 saturated carbocycles. The molecule has 6 heteroatoms. The van der Waals surface area contributed by atoms with E-state index in [-0.39, 0.29) is 6.61 Å². The second-order valence-electron chi connectivity index (χ2n) is 6.55. The topological polar surface area (TPSA) is 111 Å². The first-order valence-corrected chi connectivity index (χ1v) is 9.30. The maximum atomic E-state index is 11.9. The molecule has 3 rings (SSSR count). The first kappa shape index (κ1) is 20.5. The molecule has 0 bridgehead atoms. The van der Waals surface area contributed by atoms with Crippen LogP contribution in [0.25, 0.3) is 17.2 Å². The van der Waals surface area contributed by atoms with Gasteiger partial charge in [0.1, 0.15) is 5.75 Å². The highest BCUT2D eigenvalue weighted by Gasteiger charge is 2.03. The summed E-state index contributed by atoms with van der Waals surface area (Å²) in [7, 11) is 0. The van der Waals surface area contributed by atoms with Crippen LogP contribution in [0.5, 0.6) is 5.75 Å². The number of rotatable bonds is 7. The second kappa shape index (κ2) is 9.80. The molecule has 0 saturated heterocycles. The van der Waals surface area contributed by atoms with Crippen molar-refractivity contribution >= 4 is 23.4 Å². The predicted octanol–water partition coefficient (Wildman–Crippen LogP) is 4.18. The first-order valence-electron chi connectivity index (χ1n) is 9.30. The molecule has 0 fully saturated rings. The number of nitriles is 1. The number of nitrogens with zero attached hydrogens (tertiary/aromatic N) is 1. The van der Waals surface area contributed by atoms with Crippen molar-refractivity contribution in [3.63, 3.8) is 0 Å². The van der Waals surface area contributed by atoms with Crippen LogP contribution in [0, 0.1) is 11.5 Å². The number of benzene rings is 3. The Hall–Kier alpha value is -4.24. The van der Waals surface area contributed by atoms with Crippen LogP contribution in [0.15, 0.2) is 72.8 Å². The fourth-order valence-electron chi connectivity index (χ4n) is 2.87. The van der Waals surface area contributed by atoms with Gasteiger partial charge in [-0.05, 0) is 58.7 Å². The van der Waals surface area contributed by atoms with E-state index in [0.29, 0.717) is 23.5 Å². The summed E-state index contributed by atoms with van der Waals surface area (Å²) in [5.41, 5.74) is 16.6. The normalized spacial score (nSPS) is 10.5. The number of carbonyl (C=O) groups excluding carboxylic acids is 1. The smallest absolute Gasteiger partial charge is 0.330 e. The Labute approximate surface area is 175 Å². The summed E-state index contributed by atoms with van der Waals surface area (Å²) in [6.07, 6.45) is 5.24. The summed E-state index contributed by atoms with van der Waals surface area (Å²) < 4.78 is 10.0. The number of hydrogen-bond donors (Lipinski definition) is 2. The summed E-state index contributed by atoms with van der Waals surface area (Å²) >= 11 is 0. The van der Waals surface area contributed by atoms with Crippen LogP contribution in [0.2, 0.25) is 0 Å². The highest BCUT2D eigenvalue weighted by Crippen LogP contribution is 2.23. The lowest BCUT2D eigenvalue weighted by Gasteiger charge is -2.07. The number of hydrogen-bond acceptors (Lipinski definition) is 6. The molecule has 150 valence electrons. The van der Waals surface area contributed by atoms with E-state index >= 15 is 0 Å². The molecule has 0 unspecified atom stereocenters. The third kappa shape index (κ3) is 5.63. The lowest BCUT2D eigenvalue weighted by molar-refractivity contribution is -0.137. The summed E-state index contributed by atoms with van der Waals surface area (Å²) in [5.74, 6) is 0.0763. The standard InChI is InChI=1S/C24H21N3O3/c25-16-30-22-9-6-19(7-10-22)18-4-1-17(2-5-18)3-12-24(28)29-14-13-20-15-21(26)8-11-23(20)27/h1-12,15H,13-14,26-27H2/b12-3+. The molecule has 0 aromatic heterocycles. The molecule has 0 aliphatic carbocycles. The Morgan fingerprint density at radius 2 is 1.63 bits per heavy atom. The number of esters is 1. The van der Waals surface area contributed by atoms with Gasteiger partial charge in [-0.15, -0.1) is 5.26 Å². The average molecular weight is 399 g/mol. The molecule has 0 amide bonds. The summed E-state index contributed by atoms with van der Waals surface area (Å²) in [5, 5.41) is 8.53. The van der Waals surface area contributed by atoms with E-state index in [4.69, 9.17) is 26.2 Å². The van der Waals surface area contributed by atoms with Gasteiger partial charge in [0, 0.05) is 23.9 Å². The Balaban J connectivity index is 1.52. The Kier molecular flexibility index (Phi) is 6.70. The number of ether oxygens (including phenoxy) is 2. The van der Waals surface area contributed by atoms with E-state index in [0.717, 1.165) is 22.3 Å². The second-order valence-corrected chi connectivity index (χ2v) is 6.55. The zero-order chi connectivity index (χ0) is 21.3. The van der Waals surface area contributed by atoms with Crippen LogP contribution in [0.4, 0.5) is 11.4 Å². The van der Waals surface area contributed by atoms with Gasteiger partial charge in [0.2, 0.25) is 0 Å². The lowest BCUT2D eigenvalue weighted by Crippen LogP contribution is -2.06. The van der Waals surface area contributed by atoms with Crippen molar-refractivity contribution in [2.45, 2.75) is 6.42 Å². The Morgan fingerprint density at radius 3 is 2.30 bits per heavy atom. The fourth-order valence-corrected chi connectivity index (χ4v) is 2.87. The quantitative estimate of drug-likeness (QED) is 0.267. The summed E-state index contributed by atoms with van der Waals surface area (Å²) in [4.78, 5) is 11.9. The molecular formula is C24H21N3O3. The highest BCUT2D eigenvalue weighted by atomic mass is 16.5. The van der Waals surface area contributed by atoms with Crippen molar-refractivity contribution in [3.8, 4) is 23.1 Å². The molecule has 30 heavy (non-hydrogen) atoms. The first-order chi connectivity index (χ1) is 14.5. The number of anilines is 2. The van der Waals surface area contributed by atoms with Crippen molar-refractivity contribution in [2.75, 3.05) is 18.1 Å². The fraction of sp³-hybridized carbons (Fsp3) is 0.0833. The van der Waals surface area contributed by atoms with Gasteiger partial charge >= 0.3 is 5.97 Å². The van der Waals surface area contributed by atoms with Gasteiger partial charge in [0.25, 0.3) is 6.26 Å². The lowest BCUT2D eigenvalue weighted by atomic mass is 10.0. The van der Waals surface area contributed by atoms with Gasteiger partial charge in [-0.1, -0.05) is 36.4 Å². The molecule has 3 aromatic rings. The molecule has 0 radical (unpaired) electrons. The van der Waals surface area contributed by atoms with Crippen LogP contribution in [0.1, 0.15) is 11.1 Å². The van der Waals surface area contributed by atoms with Crippen LogP contribution in [-0.2, 0) is 16.0 Å². The minimum Gasteiger partial charge on any atom is -0.462 e. The Morgan fingerprint density at radius 1 is 0.967 bits per heavy atom. The van der Waals surface area contributed by atoms with E-state index in [1.807, 2.05) is 36.4 Å². The Bertz CT molecular complexity index is 1080. The van der Waals surface area contributed by atoms with Crippen molar-refractivity contribution < 1.29 is 14.3 Å². The van der Waals surface area contributed by atoms with Crippen molar-refractivity contribution in [1.29, 1.82) is 5.26 Å². The number of carbonyl (C=O) groups is 1. The minimum atomic E-state index is -0.422. The third-order valence-electron chi connectivity index (χ3n) is 4.46. The number of nitrogens with two attached hydrogens (primary N) is 2. The van der Waals surface area contributed by atoms with Crippen molar-refractivity contribution in [2.24, 2.45) is 0 Å². The monoisotopic (exact) mass is 399 g/mol. The molecule has 3 aromatic carbocycles. The van der Waals surface area contributed by atoms with Crippen LogP contribution < -0.4 is 16.2 Å². The van der Waals surface area contributed by atoms with Crippen LogP contribution in [-0.4, -0.2) is 12.6 Å². The minimum absolute atomic E-state index is 0.223. The molecule has 6 nitrogen and oxygen atoms in total. The summed E-state index contributed by atoms with van der Waals surface area (Å²) in [6.45, 7) is 0.223. The van der Waals surface area contributed by atoms with E-state index in [2.05, 4.69) is 0 Å². The van der Waals surface area contributed by atoms with Crippen molar-refractivity contribution in [1.82, 2.24) is 0 Å². The van der Waals surface area contributed by atoms with Gasteiger partial charge in [0.15, 0.2) is 0 Å². The largest absolute Gasteiger partial charge is 0.462 e. The van der Waals surface area contributed by atoms with E-state index in [1.165, 1.54) is 6.08 Å². The molecule has 0 spiro atoms. The molecular weight excluding hydrogens is 378 g/mol. The van der Waals surface area contributed by atoms with Gasteiger partial charge in [-0.25, -0.2) is 4.79 Å². The zero-order valence-corrected chi connectivity index (χ0v) is 16.2. The van der Waals surface area contributed by atoms with Gasteiger partial charge < -0.3 is 20.9 Å². The van der Waals surface area contributed by atoms with Crippen molar-refractivity contribution in [3.05, 3.63) is 83.9 Å².